The Labute approximate surface area is 82.3 Å². The van der Waals surface area contributed by atoms with Crippen LogP contribution in [0.4, 0.5) is 0 Å². The molecule has 0 radical (unpaired) electrons. The lowest BCUT2D eigenvalue weighted by Crippen LogP contribution is -2.09. The molecule has 2 aromatic rings. The van der Waals surface area contributed by atoms with Crippen molar-refractivity contribution in [2.75, 3.05) is 6.61 Å². The normalized spacial score (nSPS) is 25.6. The molecule has 3 rings (SSSR count). The molecule has 1 aromatic carbocycles. The van der Waals surface area contributed by atoms with Gasteiger partial charge in [-0.15, -0.1) is 0 Å². The molecule has 1 aromatic heterocycles. The van der Waals surface area contributed by atoms with Crippen LogP contribution in [0.2, 0.25) is 0 Å². The molecule has 1 atom stereocenters. The van der Waals surface area contributed by atoms with E-state index in [1.165, 1.54) is 11.1 Å². The van der Waals surface area contributed by atoms with Gasteiger partial charge in [0, 0.05) is 12.4 Å². The third kappa shape index (κ3) is 0.930. The summed E-state index contributed by atoms with van der Waals surface area (Å²) >= 11 is 0. The summed E-state index contributed by atoms with van der Waals surface area (Å²) < 4.78 is 7.40. The first kappa shape index (κ1) is 8.00. The van der Waals surface area contributed by atoms with Crippen LogP contribution in [0.3, 0.4) is 0 Å². The molecule has 0 bridgehead atoms. The third-order valence-corrected chi connectivity index (χ3v) is 2.82. The molecule has 1 saturated heterocycles. The largest absolute Gasteiger partial charge is 0.363 e. The Morgan fingerprint density at radius 2 is 2.14 bits per heavy atom. The number of rotatable bonds is 1. The summed E-state index contributed by atoms with van der Waals surface area (Å²) in [6, 6.07) is 8.18. The molecule has 2 heterocycles. The number of benzene rings is 1. The fraction of sp³-hybridized carbons (Fsp3) is 0.364. The van der Waals surface area contributed by atoms with E-state index in [9.17, 15) is 0 Å². The molecule has 1 fully saturated rings. The number of fused-ring (bicyclic) bond motifs is 1. The van der Waals surface area contributed by atoms with Crippen molar-refractivity contribution in [1.29, 1.82) is 0 Å². The highest BCUT2D eigenvalue weighted by Gasteiger charge is 2.45. The van der Waals surface area contributed by atoms with E-state index in [0.717, 1.165) is 12.1 Å². The molecule has 1 aliphatic heterocycles. The first-order valence-corrected chi connectivity index (χ1v) is 4.77. The second-order valence-electron chi connectivity index (χ2n) is 4.01. The van der Waals surface area contributed by atoms with E-state index in [-0.39, 0.29) is 5.60 Å². The lowest BCUT2D eigenvalue weighted by Gasteiger charge is -2.05. The van der Waals surface area contributed by atoms with Crippen LogP contribution in [-0.4, -0.2) is 16.4 Å². The maximum Gasteiger partial charge on any atom is 0.131 e. The van der Waals surface area contributed by atoms with Crippen LogP contribution in [-0.2, 0) is 17.4 Å². The van der Waals surface area contributed by atoms with Gasteiger partial charge in [0.15, 0.2) is 0 Å². The molecule has 0 aliphatic carbocycles. The topological polar surface area (TPSA) is 30.4 Å². The Morgan fingerprint density at radius 3 is 2.86 bits per heavy atom. The van der Waals surface area contributed by atoms with Crippen molar-refractivity contribution < 1.29 is 4.74 Å². The molecule has 14 heavy (non-hydrogen) atoms. The number of nitrogens with zero attached hydrogens (tertiary/aromatic N) is 2. The number of aryl methyl sites for hydroxylation is 1. The summed E-state index contributed by atoms with van der Waals surface area (Å²) in [6.45, 7) is 2.91. The average molecular weight is 188 g/mol. The summed E-state index contributed by atoms with van der Waals surface area (Å²) in [5.74, 6) is 0. The van der Waals surface area contributed by atoms with Crippen molar-refractivity contribution in [2.45, 2.75) is 12.5 Å². The summed E-state index contributed by atoms with van der Waals surface area (Å²) in [7, 11) is 1.97. The minimum atomic E-state index is -0.106. The first-order chi connectivity index (χ1) is 6.71. The van der Waals surface area contributed by atoms with Gasteiger partial charge in [0.25, 0.3) is 0 Å². The fourth-order valence-corrected chi connectivity index (χ4v) is 2.02. The van der Waals surface area contributed by atoms with E-state index in [0.29, 0.717) is 0 Å². The zero-order valence-electron chi connectivity index (χ0n) is 8.32. The highest BCUT2D eigenvalue weighted by atomic mass is 16.6. The summed E-state index contributed by atoms with van der Waals surface area (Å²) in [6.07, 6.45) is 0. The molecule has 3 nitrogen and oxygen atoms in total. The number of epoxide rings is 1. The molecular weight excluding hydrogens is 176 g/mol. The first-order valence-electron chi connectivity index (χ1n) is 4.77. The standard InChI is InChI=1S/C11H12N2O/c1-11(7-14-11)10-8-5-3-4-6-9(8)12-13(10)2/h3-6H,7H2,1-2H3. The van der Waals surface area contributed by atoms with Crippen molar-refractivity contribution in [3.8, 4) is 0 Å². The highest BCUT2D eigenvalue weighted by Crippen LogP contribution is 2.40. The minimum absolute atomic E-state index is 0.106. The SMILES string of the molecule is Cn1nc2ccccc2c1C1(C)CO1. The summed E-state index contributed by atoms with van der Waals surface area (Å²) in [4.78, 5) is 0. The lowest BCUT2D eigenvalue weighted by atomic mass is 10.1. The van der Waals surface area contributed by atoms with Gasteiger partial charge in [0.2, 0.25) is 0 Å². The molecule has 0 amide bonds. The van der Waals surface area contributed by atoms with Crippen LogP contribution in [0.1, 0.15) is 12.6 Å². The van der Waals surface area contributed by atoms with E-state index in [4.69, 9.17) is 4.74 Å². The molecule has 72 valence electrons. The number of aromatic nitrogens is 2. The fourth-order valence-electron chi connectivity index (χ4n) is 2.02. The van der Waals surface area contributed by atoms with Gasteiger partial charge in [-0.05, 0) is 13.0 Å². The predicted molar refractivity (Wildman–Crippen MR) is 54.0 cm³/mol. The molecular formula is C11H12N2O. The van der Waals surface area contributed by atoms with Gasteiger partial charge in [0.1, 0.15) is 5.60 Å². The Balaban J connectivity index is 2.36. The second-order valence-corrected chi connectivity index (χ2v) is 4.01. The van der Waals surface area contributed by atoms with Crippen molar-refractivity contribution in [2.24, 2.45) is 7.05 Å². The zero-order chi connectivity index (χ0) is 9.76. The van der Waals surface area contributed by atoms with E-state index >= 15 is 0 Å². The summed E-state index contributed by atoms with van der Waals surface area (Å²) in [5, 5.41) is 5.66. The van der Waals surface area contributed by atoms with Crippen molar-refractivity contribution in [1.82, 2.24) is 9.78 Å². The van der Waals surface area contributed by atoms with Gasteiger partial charge in [-0.25, -0.2) is 0 Å². The van der Waals surface area contributed by atoms with E-state index in [1.807, 2.05) is 29.9 Å². The van der Waals surface area contributed by atoms with E-state index in [2.05, 4.69) is 18.1 Å². The Bertz CT molecular complexity index is 497. The maximum atomic E-state index is 5.47. The summed E-state index contributed by atoms with van der Waals surface area (Å²) in [5.41, 5.74) is 2.13. The van der Waals surface area contributed by atoms with Gasteiger partial charge in [-0.3, -0.25) is 4.68 Å². The zero-order valence-corrected chi connectivity index (χ0v) is 8.32. The van der Waals surface area contributed by atoms with Crippen molar-refractivity contribution >= 4 is 10.9 Å². The Morgan fingerprint density at radius 1 is 1.43 bits per heavy atom. The van der Waals surface area contributed by atoms with Gasteiger partial charge in [0.05, 0.1) is 17.8 Å². The number of hydrogen-bond acceptors (Lipinski definition) is 2. The van der Waals surface area contributed by atoms with E-state index in [1.54, 1.807) is 0 Å². The van der Waals surface area contributed by atoms with Gasteiger partial charge >= 0.3 is 0 Å². The highest BCUT2D eigenvalue weighted by molar-refractivity contribution is 5.82. The molecule has 1 unspecified atom stereocenters. The van der Waals surface area contributed by atoms with Crippen LogP contribution in [0.15, 0.2) is 24.3 Å². The quantitative estimate of drug-likeness (QED) is 0.639. The molecule has 0 saturated carbocycles. The average Bonchev–Trinajstić information content (AvgIpc) is 2.79. The van der Waals surface area contributed by atoms with Crippen LogP contribution in [0.25, 0.3) is 10.9 Å². The van der Waals surface area contributed by atoms with Crippen LogP contribution in [0.5, 0.6) is 0 Å². The van der Waals surface area contributed by atoms with E-state index < -0.39 is 0 Å². The van der Waals surface area contributed by atoms with Crippen molar-refractivity contribution in [3.63, 3.8) is 0 Å². The Hall–Kier alpha value is -1.35. The second kappa shape index (κ2) is 2.36. The van der Waals surface area contributed by atoms with Crippen LogP contribution < -0.4 is 0 Å². The minimum Gasteiger partial charge on any atom is -0.363 e. The van der Waals surface area contributed by atoms with Crippen LogP contribution in [0, 0.1) is 0 Å². The molecule has 0 N–H and O–H groups in total. The number of ether oxygens (including phenoxy) is 1. The Kier molecular flexibility index (Phi) is 1.35. The smallest absolute Gasteiger partial charge is 0.131 e. The van der Waals surface area contributed by atoms with Gasteiger partial charge in [-0.2, -0.15) is 5.10 Å². The van der Waals surface area contributed by atoms with Gasteiger partial charge < -0.3 is 4.74 Å². The molecule has 0 spiro atoms. The number of hydrogen-bond donors (Lipinski definition) is 0. The third-order valence-electron chi connectivity index (χ3n) is 2.82. The predicted octanol–water partition coefficient (Wildman–Crippen LogP) is 1.82. The lowest BCUT2D eigenvalue weighted by molar-refractivity contribution is 0.317. The maximum absolute atomic E-state index is 5.47. The van der Waals surface area contributed by atoms with Crippen molar-refractivity contribution in [3.05, 3.63) is 30.0 Å². The molecule has 1 aliphatic rings. The van der Waals surface area contributed by atoms with Crippen LogP contribution >= 0.6 is 0 Å². The van der Waals surface area contributed by atoms with Gasteiger partial charge in [-0.1, -0.05) is 18.2 Å². The molecule has 3 heteroatoms. The monoisotopic (exact) mass is 188 g/mol.